The number of hydrogen-bond acceptors (Lipinski definition) is 9. The van der Waals surface area contributed by atoms with Crippen molar-refractivity contribution in [2.75, 3.05) is 18.2 Å². The number of nitrogens with one attached hydrogen (secondary N) is 3. The zero-order valence-electron chi connectivity index (χ0n) is 17.6. The molecule has 4 aromatic rings. The van der Waals surface area contributed by atoms with Crippen LogP contribution in [-0.4, -0.2) is 48.7 Å². The first-order valence-electron chi connectivity index (χ1n) is 9.68. The Balaban J connectivity index is 1.60. The molecular weight excluding hydrogens is 450 g/mol. The van der Waals surface area contributed by atoms with Gasteiger partial charge in [-0.05, 0) is 31.2 Å². The van der Waals surface area contributed by atoms with Crippen molar-refractivity contribution in [2.24, 2.45) is 0 Å². The Morgan fingerprint density at radius 3 is 2.64 bits per heavy atom. The summed E-state index contributed by atoms with van der Waals surface area (Å²) >= 11 is 1.17. The van der Waals surface area contributed by atoms with Gasteiger partial charge in [0, 0.05) is 29.9 Å². The molecule has 4 rings (SSSR count). The second kappa shape index (κ2) is 9.56. The van der Waals surface area contributed by atoms with Gasteiger partial charge in [0.15, 0.2) is 11.0 Å². The summed E-state index contributed by atoms with van der Waals surface area (Å²) in [6.07, 6.45) is 0.142. The van der Waals surface area contributed by atoms with Gasteiger partial charge < -0.3 is 19.6 Å². The lowest BCUT2D eigenvalue weighted by atomic mass is 10.2. The molecule has 0 atom stereocenters. The number of anilines is 1. The van der Waals surface area contributed by atoms with Gasteiger partial charge in [0.1, 0.15) is 17.3 Å². The third-order valence-electron chi connectivity index (χ3n) is 4.42. The molecule has 170 valence electrons. The number of amides is 1. The summed E-state index contributed by atoms with van der Waals surface area (Å²) in [5, 5.41) is 15.3. The van der Waals surface area contributed by atoms with Crippen LogP contribution in [0.25, 0.3) is 5.69 Å². The fourth-order valence-corrected chi connectivity index (χ4v) is 3.79. The normalized spacial score (nSPS) is 10.8. The summed E-state index contributed by atoms with van der Waals surface area (Å²) in [5.74, 6) is 1.80. The summed E-state index contributed by atoms with van der Waals surface area (Å²) in [7, 11) is 1.57. The first-order valence-corrected chi connectivity index (χ1v) is 10.7. The van der Waals surface area contributed by atoms with Crippen LogP contribution in [0.5, 0.6) is 5.75 Å². The fraction of sp³-hybridized carbons (Fsp3) is 0.200. The Kier molecular flexibility index (Phi) is 6.40. The van der Waals surface area contributed by atoms with Crippen LogP contribution >= 0.6 is 11.8 Å². The number of ether oxygens (including phenoxy) is 1. The zero-order valence-corrected chi connectivity index (χ0v) is 18.4. The highest BCUT2D eigenvalue weighted by molar-refractivity contribution is 7.99. The molecule has 0 aliphatic heterocycles. The van der Waals surface area contributed by atoms with E-state index in [9.17, 15) is 14.4 Å². The molecular formula is C20H19N7O5S. The maximum Gasteiger partial charge on any atom is 0.325 e. The number of carbonyl (C=O) groups is 1. The lowest BCUT2D eigenvalue weighted by molar-refractivity contribution is -0.113. The Bertz CT molecular complexity index is 1360. The highest BCUT2D eigenvalue weighted by Gasteiger charge is 2.17. The highest BCUT2D eigenvalue weighted by Crippen LogP contribution is 2.25. The van der Waals surface area contributed by atoms with Gasteiger partial charge in [-0.3, -0.25) is 19.1 Å². The Hall–Kier alpha value is -4.13. The number of aryl methyl sites for hydroxylation is 1. The zero-order chi connectivity index (χ0) is 23.4. The Morgan fingerprint density at radius 1 is 1.18 bits per heavy atom. The molecule has 3 heterocycles. The average Bonchev–Trinajstić information content (AvgIpc) is 3.37. The van der Waals surface area contributed by atoms with Gasteiger partial charge >= 0.3 is 5.69 Å². The van der Waals surface area contributed by atoms with E-state index in [-0.39, 0.29) is 18.1 Å². The third kappa shape index (κ3) is 5.38. The lowest BCUT2D eigenvalue weighted by Gasteiger charge is -2.11. The average molecular weight is 469 g/mol. The third-order valence-corrected chi connectivity index (χ3v) is 5.35. The van der Waals surface area contributed by atoms with Crippen LogP contribution in [-0.2, 0) is 11.2 Å². The van der Waals surface area contributed by atoms with Gasteiger partial charge in [-0.2, -0.15) is 0 Å². The van der Waals surface area contributed by atoms with E-state index in [0.29, 0.717) is 34.0 Å². The maximum atomic E-state index is 12.3. The minimum atomic E-state index is -0.609. The van der Waals surface area contributed by atoms with E-state index in [1.165, 1.54) is 17.8 Å². The van der Waals surface area contributed by atoms with Crippen molar-refractivity contribution in [1.82, 2.24) is 29.9 Å². The largest absolute Gasteiger partial charge is 0.497 e. The molecule has 0 saturated carbocycles. The SMILES string of the molecule is COc1ccc(-n2c(Cc3cc(=O)[nH]c(=O)[nH]3)nnc2SCC(=O)Nc2cc(C)on2)cc1. The molecule has 0 fully saturated rings. The van der Waals surface area contributed by atoms with Crippen molar-refractivity contribution in [2.45, 2.75) is 18.5 Å². The summed E-state index contributed by atoms with van der Waals surface area (Å²) < 4.78 is 11.9. The van der Waals surface area contributed by atoms with Crippen molar-refractivity contribution >= 4 is 23.5 Å². The van der Waals surface area contributed by atoms with E-state index in [1.807, 2.05) is 12.1 Å². The molecule has 0 aliphatic carbocycles. The maximum absolute atomic E-state index is 12.3. The molecule has 0 spiro atoms. The van der Waals surface area contributed by atoms with E-state index in [1.54, 1.807) is 36.8 Å². The molecule has 1 amide bonds. The molecule has 0 aliphatic rings. The van der Waals surface area contributed by atoms with Crippen LogP contribution in [0.1, 0.15) is 17.3 Å². The van der Waals surface area contributed by atoms with Crippen LogP contribution in [0.3, 0.4) is 0 Å². The smallest absolute Gasteiger partial charge is 0.325 e. The molecule has 12 nitrogen and oxygen atoms in total. The van der Waals surface area contributed by atoms with Crippen molar-refractivity contribution in [3.8, 4) is 11.4 Å². The molecule has 3 aromatic heterocycles. The molecule has 13 heteroatoms. The number of thioether (sulfide) groups is 1. The highest BCUT2D eigenvalue weighted by atomic mass is 32.2. The number of aromatic nitrogens is 6. The van der Waals surface area contributed by atoms with Gasteiger partial charge in [-0.25, -0.2) is 4.79 Å². The molecule has 33 heavy (non-hydrogen) atoms. The van der Waals surface area contributed by atoms with Crippen molar-refractivity contribution < 1.29 is 14.1 Å². The van der Waals surface area contributed by atoms with Gasteiger partial charge in [-0.15, -0.1) is 10.2 Å². The molecule has 0 unspecified atom stereocenters. The van der Waals surface area contributed by atoms with Gasteiger partial charge in [0.05, 0.1) is 12.9 Å². The van der Waals surface area contributed by atoms with Gasteiger partial charge in [-0.1, -0.05) is 16.9 Å². The number of H-pyrrole nitrogens is 2. The van der Waals surface area contributed by atoms with E-state index >= 15 is 0 Å². The van der Waals surface area contributed by atoms with Crippen LogP contribution in [0, 0.1) is 6.92 Å². The van der Waals surface area contributed by atoms with Crippen LogP contribution < -0.4 is 21.3 Å². The minimum absolute atomic E-state index is 0.0437. The summed E-state index contributed by atoms with van der Waals surface area (Å²) in [6, 6.07) is 10.1. The number of carbonyl (C=O) groups excluding carboxylic acids is 1. The van der Waals surface area contributed by atoms with E-state index in [0.717, 1.165) is 5.69 Å². The van der Waals surface area contributed by atoms with Gasteiger partial charge in [0.25, 0.3) is 5.56 Å². The predicted molar refractivity (Wildman–Crippen MR) is 119 cm³/mol. The first-order chi connectivity index (χ1) is 15.9. The number of nitrogens with zero attached hydrogens (tertiary/aromatic N) is 4. The van der Waals surface area contributed by atoms with E-state index < -0.39 is 11.2 Å². The predicted octanol–water partition coefficient (Wildman–Crippen LogP) is 1.27. The standard InChI is InChI=1S/C20H19N7O5S/c1-11-7-15(26-32-11)22-18(29)10-33-20-25-24-16(8-12-9-17(28)23-19(30)21-12)27(20)13-3-5-14(31-2)6-4-13/h3-7,9H,8,10H2,1-2H3,(H,22,26,29)(H2,21,23,28,30). The quantitative estimate of drug-likeness (QED) is 0.323. The fourth-order valence-electron chi connectivity index (χ4n) is 3.02. The Morgan fingerprint density at radius 2 is 1.97 bits per heavy atom. The van der Waals surface area contributed by atoms with E-state index in [4.69, 9.17) is 9.26 Å². The second-order valence-electron chi connectivity index (χ2n) is 6.88. The lowest BCUT2D eigenvalue weighted by Crippen LogP contribution is -2.23. The summed E-state index contributed by atoms with van der Waals surface area (Å²) in [6.45, 7) is 1.73. The monoisotopic (exact) mass is 469 g/mol. The summed E-state index contributed by atoms with van der Waals surface area (Å²) in [5.41, 5.74) is -0.0272. The number of aromatic amines is 2. The van der Waals surface area contributed by atoms with E-state index in [2.05, 4.69) is 30.6 Å². The number of benzene rings is 1. The molecule has 0 radical (unpaired) electrons. The number of methoxy groups -OCH3 is 1. The van der Waals surface area contributed by atoms with Gasteiger partial charge in [0.2, 0.25) is 5.91 Å². The Labute approximate surface area is 190 Å². The van der Waals surface area contributed by atoms with Crippen LogP contribution in [0.15, 0.2) is 55.7 Å². The molecule has 1 aromatic carbocycles. The topological polar surface area (TPSA) is 161 Å². The molecule has 0 saturated heterocycles. The molecule has 3 N–H and O–H groups in total. The van der Waals surface area contributed by atoms with Crippen molar-refractivity contribution in [1.29, 1.82) is 0 Å². The first kappa shape index (κ1) is 22.1. The summed E-state index contributed by atoms with van der Waals surface area (Å²) in [4.78, 5) is 40.3. The van der Waals surface area contributed by atoms with Crippen LogP contribution in [0.4, 0.5) is 5.82 Å². The minimum Gasteiger partial charge on any atom is -0.497 e. The molecule has 0 bridgehead atoms. The second-order valence-corrected chi connectivity index (χ2v) is 7.82. The number of hydrogen-bond donors (Lipinski definition) is 3. The van der Waals surface area contributed by atoms with Crippen molar-refractivity contribution in [3.63, 3.8) is 0 Å². The number of rotatable bonds is 8. The van der Waals surface area contributed by atoms with Crippen molar-refractivity contribution in [3.05, 3.63) is 74.5 Å². The van der Waals surface area contributed by atoms with Crippen LogP contribution in [0.2, 0.25) is 0 Å².